The molecule has 0 saturated carbocycles. The fraction of sp³-hybridized carbons (Fsp3) is 1.00. The van der Waals surface area contributed by atoms with E-state index in [2.05, 4.69) is 25.9 Å². The molecular weight excluding hydrogens is 386 g/mol. The van der Waals surface area contributed by atoms with Crippen molar-refractivity contribution in [3.05, 3.63) is 0 Å². The monoisotopic (exact) mass is 452 g/mol. The molecule has 0 rings (SSSR count). The number of unbranched alkanes of at least 4 members (excludes halogenated alkanes) is 26. The molecule has 0 heterocycles. The van der Waals surface area contributed by atoms with E-state index in [0.717, 1.165) is 0 Å². The van der Waals surface area contributed by atoms with Gasteiger partial charge in [0.05, 0.1) is 0 Å². The topological polar surface area (TPSA) is 3.24 Å². The average Bonchev–Trinajstić information content (AvgIpc) is 2.78. The van der Waals surface area contributed by atoms with Gasteiger partial charge in [-0.1, -0.05) is 174 Å². The molecule has 0 amide bonds. The predicted octanol–water partition coefficient (Wildman–Crippen LogP) is 11.1. The van der Waals surface area contributed by atoms with Crippen molar-refractivity contribution in [1.29, 1.82) is 0 Å². The Balaban J connectivity index is 3.00. The first-order valence-corrected chi connectivity index (χ1v) is 15.4. The summed E-state index contributed by atoms with van der Waals surface area (Å²) in [6, 6.07) is 0. The molecule has 0 atom stereocenters. The molecule has 32 heavy (non-hydrogen) atoms. The first-order valence-electron chi connectivity index (χ1n) is 15.4. The second kappa shape index (κ2) is 29.0. The third kappa shape index (κ3) is 30.0. The van der Waals surface area contributed by atoms with Crippen molar-refractivity contribution < 1.29 is 0 Å². The SMILES string of the molecule is CCCCCCCCCCCCCCCCCCCCCCCCCCCCCN(C)C. The van der Waals surface area contributed by atoms with Crippen LogP contribution in [0.15, 0.2) is 0 Å². The molecule has 0 aliphatic heterocycles. The fourth-order valence-electron chi connectivity index (χ4n) is 4.92. The molecule has 0 bridgehead atoms. The standard InChI is InChI=1S/C31H65N/c1-4-5-6-7-8-9-10-11-12-13-14-15-16-17-18-19-20-21-22-23-24-25-26-27-28-29-30-31-32(2)3/h4-31H2,1-3H3. The predicted molar refractivity (Wildman–Crippen MR) is 149 cm³/mol. The Morgan fingerprint density at radius 2 is 0.469 bits per heavy atom. The minimum Gasteiger partial charge on any atom is -0.309 e. The van der Waals surface area contributed by atoms with E-state index in [0.29, 0.717) is 0 Å². The highest BCUT2D eigenvalue weighted by atomic mass is 15.0. The highest BCUT2D eigenvalue weighted by Crippen LogP contribution is 2.16. The van der Waals surface area contributed by atoms with Crippen LogP contribution in [0.4, 0.5) is 0 Å². The van der Waals surface area contributed by atoms with E-state index in [4.69, 9.17) is 0 Å². The van der Waals surface area contributed by atoms with Gasteiger partial charge in [-0.2, -0.15) is 0 Å². The van der Waals surface area contributed by atoms with Gasteiger partial charge >= 0.3 is 0 Å². The molecule has 0 aliphatic carbocycles. The van der Waals surface area contributed by atoms with Gasteiger partial charge in [0.2, 0.25) is 0 Å². The van der Waals surface area contributed by atoms with E-state index in [1.807, 2.05) is 0 Å². The van der Waals surface area contributed by atoms with Gasteiger partial charge in [0.25, 0.3) is 0 Å². The zero-order chi connectivity index (χ0) is 23.4. The van der Waals surface area contributed by atoms with Gasteiger partial charge in [-0.15, -0.1) is 0 Å². The maximum absolute atomic E-state index is 2.31. The van der Waals surface area contributed by atoms with E-state index in [9.17, 15) is 0 Å². The van der Waals surface area contributed by atoms with E-state index in [1.165, 1.54) is 180 Å². The maximum atomic E-state index is 2.31. The summed E-state index contributed by atoms with van der Waals surface area (Å²) in [5.41, 5.74) is 0. The van der Waals surface area contributed by atoms with Crippen molar-refractivity contribution in [3.8, 4) is 0 Å². The van der Waals surface area contributed by atoms with Crippen molar-refractivity contribution in [1.82, 2.24) is 4.90 Å². The van der Waals surface area contributed by atoms with Crippen LogP contribution in [-0.2, 0) is 0 Å². The molecule has 0 aliphatic rings. The quantitative estimate of drug-likeness (QED) is 0.107. The lowest BCUT2D eigenvalue weighted by Crippen LogP contribution is -2.12. The molecule has 0 aromatic rings. The highest BCUT2D eigenvalue weighted by Gasteiger charge is 1.96. The summed E-state index contributed by atoms with van der Waals surface area (Å²) < 4.78 is 0. The third-order valence-corrected chi connectivity index (χ3v) is 7.21. The average molecular weight is 452 g/mol. The van der Waals surface area contributed by atoms with E-state index < -0.39 is 0 Å². The zero-order valence-electron chi connectivity index (χ0n) is 23.2. The van der Waals surface area contributed by atoms with Gasteiger partial charge in [-0.05, 0) is 27.1 Å². The van der Waals surface area contributed by atoms with Gasteiger partial charge in [0, 0.05) is 0 Å². The van der Waals surface area contributed by atoms with Crippen LogP contribution < -0.4 is 0 Å². The lowest BCUT2D eigenvalue weighted by atomic mass is 10.0. The first-order chi connectivity index (χ1) is 15.8. The Hall–Kier alpha value is -0.0400. The summed E-state index contributed by atoms with van der Waals surface area (Å²) in [5.74, 6) is 0. The zero-order valence-corrected chi connectivity index (χ0v) is 23.2. The highest BCUT2D eigenvalue weighted by molar-refractivity contribution is 4.52. The van der Waals surface area contributed by atoms with Gasteiger partial charge in [0.15, 0.2) is 0 Å². The number of nitrogens with zero attached hydrogens (tertiary/aromatic N) is 1. The van der Waals surface area contributed by atoms with Gasteiger partial charge in [-0.25, -0.2) is 0 Å². The van der Waals surface area contributed by atoms with Crippen LogP contribution in [-0.4, -0.2) is 25.5 Å². The third-order valence-electron chi connectivity index (χ3n) is 7.21. The minimum atomic E-state index is 1.26. The molecule has 0 saturated heterocycles. The molecule has 0 radical (unpaired) electrons. The number of hydrogen-bond acceptors (Lipinski definition) is 1. The molecule has 0 fully saturated rings. The minimum absolute atomic E-state index is 1.26. The first kappa shape index (κ1) is 32.0. The normalized spacial score (nSPS) is 11.6. The summed E-state index contributed by atoms with van der Waals surface area (Å²) in [5, 5.41) is 0. The Morgan fingerprint density at radius 3 is 0.656 bits per heavy atom. The molecule has 0 unspecified atom stereocenters. The summed E-state index contributed by atoms with van der Waals surface area (Å²) in [6.45, 7) is 3.57. The van der Waals surface area contributed by atoms with Crippen LogP contribution in [0, 0.1) is 0 Å². The van der Waals surface area contributed by atoms with Crippen LogP contribution in [0.1, 0.15) is 180 Å². The molecule has 1 nitrogen and oxygen atoms in total. The lowest BCUT2D eigenvalue weighted by Gasteiger charge is -2.08. The van der Waals surface area contributed by atoms with E-state index in [1.54, 1.807) is 0 Å². The molecule has 0 N–H and O–H groups in total. The summed E-state index contributed by atoms with van der Waals surface area (Å²) in [7, 11) is 4.36. The number of hydrogen-bond donors (Lipinski definition) is 0. The second-order valence-electron chi connectivity index (χ2n) is 11.0. The Kier molecular flexibility index (Phi) is 29.0. The van der Waals surface area contributed by atoms with Crippen molar-refractivity contribution in [2.75, 3.05) is 20.6 Å². The van der Waals surface area contributed by atoms with Crippen molar-refractivity contribution in [2.24, 2.45) is 0 Å². The van der Waals surface area contributed by atoms with Gasteiger partial charge in [0.1, 0.15) is 0 Å². The number of rotatable bonds is 28. The van der Waals surface area contributed by atoms with Crippen LogP contribution in [0.3, 0.4) is 0 Å². The summed E-state index contributed by atoms with van der Waals surface area (Å²) >= 11 is 0. The second-order valence-corrected chi connectivity index (χ2v) is 11.0. The molecular formula is C31H65N. The van der Waals surface area contributed by atoms with E-state index >= 15 is 0 Å². The van der Waals surface area contributed by atoms with Crippen LogP contribution in [0.5, 0.6) is 0 Å². The smallest absolute Gasteiger partial charge is 0.00248 e. The summed E-state index contributed by atoms with van der Waals surface area (Å²) in [4.78, 5) is 2.31. The summed E-state index contributed by atoms with van der Waals surface area (Å²) in [6.07, 6.45) is 39.8. The van der Waals surface area contributed by atoms with Crippen LogP contribution in [0.25, 0.3) is 0 Å². The van der Waals surface area contributed by atoms with Crippen molar-refractivity contribution in [3.63, 3.8) is 0 Å². The molecule has 0 aromatic carbocycles. The Morgan fingerprint density at radius 1 is 0.281 bits per heavy atom. The molecule has 194 valence electrons. The van der Waals surface area contributed by atoms with Crippen molar-refractivity contribution >= 4 is 0 Å². The Bertz CT molecular complexity index is 312. The van der Waals surface area contributed by atoms with E-state index in [-0.39, 0.29) is 0 Å². The van der Waals surface area contributed by atoms with Crippen LogP contribution >= 0.6 is 0 Å². The molecule has 0 aromatic heterocycles. The van der Waals surface area contributed by atoms with Crippen molar-refractivity contribution in [2.45, 2.75) is 180 Å². The van der Waals surface area contributed by atoms with Gasteiger partial charge in [-0.3, -0.25) is 0 Å². The van der Waals surface area contributed by atoms with Crippen LogP contribution in [0.2, 0.25) is 0 Å². The molecule has 1 heteroatoms. The maximum Gasteiger partial charge on any atom is -0.00248 e. The largest absolute Gasteiger partial charge is 0.309 e. The fourth-order valence-corrected chi connectivity index (χ4v) is 4.92. The molecule has 0 spiro atoms. The van der Waals surface area contributed by atoms with Gasteiger partial charge < -0.3 is 4.90 Å². The lowest BCUT2D eigenvalue weighted by molar-refractivity contribution is 0.389. The Labute approximate surface area is 205 Å².